The van der Waals surface area contributed by atoms with Crippen molar-refractivity contribution in [2.75, 3.05) is 20.8 Å². The van der Waals surface area contributed by atoms with Crippen molar-refractivity contribution in [2.45, 2.75) is 18.5 Å². The Bertz CT molecular complexity index is 1190. The van der Waals surface area contributed by atoms with Crippen molar-refractivity contribution in [1.29, 1.82) is 0 Å². The number of aromatic amines is 1. The highest BCUT2D eigenvalue weighted by atomic mass is 19.4. The third-order valence-electron chi connectivity index (χ3n) is 5.70. The van der Waals surface area contributed by atoms with Crippen LogP contribution in [0.2, 0.25) is 0 Å². The molecule has 1 amide bonds. The molecule has 172 valence electrons. The number of likely N-dealkylation sites (tertiary alicyclic amines) is 1. The number of esters is 1. The fraction of sp³-hybridized carbons (Fsp3) is 0.261. The number of H-pyrrole nitrogens is 1. The van der Waals surface area contributed by atoms with Crippen LogP contribution in [0.15, 0.2) is 42.1 Å². The van der Waals surface area contributed by atoms with Crippen LogP contribution in [0, 0.1) is 0 Å². The molecule has 33 heavy (non-hydrogen) atoms. The van der Waals surface area contributed by atoms with Gasteiger partial charge in [-0.2, -0.15) is 13.2 Å². The standard InChI is InChI=1S/C23H19F3N2O5/c1-32-13-6-3-12(4-7-13)5-8-17(30)28-10-9-14-15(28)11-16(29)20-18(14)19(22(31)33-2)21(27-20)23(24,25)26/h3-8,11,14,27H,9-10H2,1-2H3/b8-5+. The molecule has 7 nitrogen and oxygen atoms in total. The van der Waals surface area contributed by atoms with E-state index in [2.05, 4.69) is 9.72 Å². The van der Waals surface area contributed by atoms with Gasteiger partial charge in [-0.3, -0.25) is 9.59 Å². The van der Waals surface area contributed by atoms with Gasteiger partial charge in [-0.15, -0.1) is 0 Å². The van der Waals surface area contributed by atoms with E-state index < -0.39 is 41.0 Å². The van der Waals surface area contributed by atoms with Crippen molar-refractivity contribution in [3.8, 4) is 5.75 Å². The van der Waals surface area contributed by atoms with Gasteiger partial charge in [-0.1, -0.05) is 12.1 Å². The number of aromatic nitrogens is 1. The van der Waals surface area contributed by atoms with Crippen LogP contribution in [0.1, 0.15) is 50.0 Å². The Labute approximate surface area is 186 Å². The number of alkyl halides is 3. The van der Waals surface area contributed by atoms with E-state index in [0.29, 0.717) is 5.75 Å². The number of halogens is 3. The number of amides is 1. The second kappa shape index (κ2) is 8.27. The minimum absolute atomic E-state index is 0.0777. The Morgan fingerprint density at radius 2 is 1.88 bits per heavy atom. The fourth-order valence-electron chi connectivity index (χ4n) is 4.19. The molecule has 1 N–H and O–H groups in total. The first-order chi connectivity index (χ1) is 15.7. The highest BCUT2D eigenvalue weighted by Crippen LogP contribution is 2.46. The molecular weight excluding hydrogens is 441 g/mol. The normalized spacial score (nSPS) is 17.6. The first kappa shape index (κ1) is 22.4. The Morgan fingerprint density at radius 3 is 2.48 bits per heavy atom. The van der Waals surface area contributed by atoms with Gasteiger partial charge in [0.1, 0.15) is 11.4 Å². The topological polar surface area (TPSA) is 88.7 Å². The summed E-state index contributed by atoms with van der Waals surface area (Å²) in [6, 6.07) is 6.98. The lowest BCUT2D eigenvalue weighted by Gasteiger charge is -2.23. The predicted molar refractivity (Wildman–Crippen MR) is 111 cm³/mol. The Kier molecular flexibility index (Phi) is 5.61. The van der Waals surface area contributed by atoms with E-state index in [9.17, 15) is 27.6 Å². The molecule has 2 aromatic rings. The summed E-state index contributed by atoms with van der Waals surface area (Å²) in [5, 5.41) is 0. The summed E-state index contributed by atoms with van der Waals surface area (Å²) in [6.45, 7) is 0.183. The van der Waals surface area contributed by atoms with Crippen LogP contribution in [0.25, 0.3) is 6.08 Å². The number of allylic oxidation sites excluding steroid dienone is 2. The number of benzene rings is 1. The van der Waals surface area contributed by atoms with Gasteiger partial charge in [0.05, 0.1) is 25.5 Å². The average molecular weight is 460 g/mol. The zero-order chi connectivity index (χ0) is 23.9. The molecule has 1 aliphatic heterocycles. The largest absolute Gasteiger partial charge is 0.497 e. The number of hydrogen-bond donors (Lipinski definition) is 1. The Balaban J connectivity index is 1.66. The lowest BCUT2D eigenvalue weighted by molar-refractivity contribution is -0.141. The number of carbonyl (C=O) groups excluding carboxylic acids is 3. The van der Waals surface area contributed by atoms with Crippen LogP contribution < -0.4 is 4.74 Å². The Morgan fingerprint density at radius 1 is 1.18 bits per heavy atom. The van der Waals surface area contributed by atoms with Crippen molar-refractivity contribution < 1.29 is 37.0 Å². The Hall–Kier alpha value is -3.82. The molecule has 1 saturated heterocycles. The number of nitrogens with zero attached hydrogens (tertiary/aromatic N) is 1. The molecule has 1 aromatic heterocycles. The van der Waals surface area contributed by atoms with Crippen LogP contribution in [-0.2, 0) is 15.7 Å². The van der Waals surface area contributed by atoms with Gasteiger partial charge >= 0.3 is 12.1 Å². The van der Waals surface area contributed by atoms with E-state index in [-0.39, 0.29) is 29.9 Å². The number of fused-ring (bicyclic) bond motifs is 3. The number of rotatable bonds is 4. The van der Waals surface area contributed by atoms with Crippen molar-refractivity contribution in [3.63, 3.8) is 0 Å². The summed E-state index contributed by atoms with van der Waals surface area (Å²) in [7, 11) is 2.51. The maximum absolute atomic E-state index is 13.6. The number of ether oxygens (including phenoxy) is 2. The minimum atomic E-state index is -4.89. The summed E-state index contributed by atoms with van der Waals surface area (Å²) in [5.41, 5.74) is -1.43. The molecule has 1 aliphatic carbocycles. The zero-order valence-electron chi connectivity index (χ0n) is 17.7. The molecule has 1 fully saturated rings. The van der Waals surface area contributed by atoms with Gasteiger partial charge < -0.3 is 19.4 Å². The monoisotopic (exact) mass is 460 g/mol. The minimum Gasteiger partial charge on any atom is -0.497 e. The lowest BCUT2D eigenvalue weighted by atomic mass is 9.86. The van der Waals surface area contributed by atoms with E-state index in [0.717, 1.165) is 18.7 Å². The highest BCUT2D eigenvalue weighted by molar-refractivity contribution is 6.10. The van der Waals surface area contributed by atoms with Gasteiger partial charge in [-0.05, 0) is 30.2 Å². The van der Waals surface area contributed by atoms with Gasteiger partial charge in [0, 0.05) is 35.9 Å². The summed E-state index contributed by atoms with van der Waals surface area (Å²) in [4.78, 5) is 41.2. The zero-order valence-corrected chi connectivity index (χ0v) is 17.7. The second-order valence-corrected chi connectivity index (χ2v) is 7.52. The van der Waals surface area contributed by atoms with E-state index in [4.69, 9.17) is 4.74 Å². The molecule has 0 bridgehead atoms. The third-order valence-corrected chi connectivity index (χ3v) is 5.70. The summed E-state index contributed by atoms with van der Waals surface area (Å²) in [6.07, 6.45) is -0.575. The summed E-state index contributed by atoms with van der Waals surface area (Å²) in [5.74, 6) is -2.43. The number of nitrogens with one attached hydrogen (secondary N) is 1. The molecule has 2 heterocycles. The van der Waals surface area contributed by atoms with Crippen LogP contribution in [0.5, 0.6) is 5.75 Å². The van der Waals surface area contributed by atoms with Crippen LogP contribution in [0.3, 0.4) is 0 Å². The smallest absolute Gasteiger partial charge is 0.432 e. The summed E-state index contributed by atoms with van der Waals surface area (Å²) >= 11 is 0. The summed E-state index contributed by atoms with van der Waals surface area (Å²) < 4.78 is 50.4. The first-order valence-corrected chi connectivity index (χ1v) is 9.96. The average Bonchev–Trinajstić information content (AvgIpc) is 3.39. The van der Waals surface area contributed by atoms with Crippen molar-refractivity contribution in [2.24, 2.45) is 0 Å². The number of carbonyl (C=O) groups is 3. The molecule has 1 aromatic carbocycles. The number of methoxy groups -OCH3 is 2. The third kappa shape index (κ3) is 3.92. The van der Waals surface area contributed by atoms with Crippen molar-refractivity contribution in [3.05, 3.63) is 70.2 Å². The van der Waals surface area contributed by atoms with Crippen molar-refractivity contribution in [1.82, 2.24) is 9.88 Å². The highest BCUT2D eigenvalue weighted by Gasteiger charge is 2.47. The van der Waals surface area contributed by atoms with Gasteiger partial charge in [0.15, 0.2) is 0 Å². The number of ketones is 1. The molecule has 10 heteroatoms. The second-order valence-electron chi connectivity index (χ2n) is 7.52. The van der Waals surface area contributed by atoms with Crippen molar-refractivity contribution >= 4 is 23.7 Å². The first-order valence-electron chi connectivity index (χ1n) is 9.96. The molecule has 0 saturated carbocycles. The maximum atomic E-state index is 13.6. The van der Waals surface area contributed by atoms with E-state index in [1.165, 1.54) is 18.1 Å². The molecule has 0 radical (unpaired) electrons. The molecule has 2 aliphatic rings. The fourth-order valence-corrected chi connectivity index (χ4v) is 4.19. The van der Waals surface area contributed by atoms with Crippen LogP contribution in [0.4, 0.5) is 13.2 Å². The van der Waals surface area contributed by atoms with Gasteiger partial charge in [0.25, 0.3) is 5.91 Å². The maximum Gasteiger partial charge on any atom is 0.432 e. The van der Waals surface area contributed by atoms with Crippen LogP contribution in [-0.4, -0.2) is 48.3 Å². The van der Waals surface area contributed by atoms with E-state index in [1.54, 1.807) is 30.3 Å². The SMILES string of the molecule is COC(=O)c1c(C(F)(F)F)[nH]c2c1C1CCN(C(=O)/C=C/c3ccc(OC)cc3)C1=CC2=O. The molecule has 1 atom stereocenters. The lowest BCUT2D eigenvalue weighted by Crippen LogP contribution is -2.27. The number of hydrogen-bond acceptors (Lipinski definition) is 5. The van der Waals surface area contributed by atoms with E-state index >= 15 is 0 Å². The quantitative estimate of drug-likeness (QED) is 0.552. The predicted octanol–water partition coefficient (Wildman–Crippen LogP) is 3.94. The van der Waals surface area contributed by atoms with Gasteiger partial charge in [-0.25, -0.2) is 4.79 Å². The molecule has 4 rings (SSSR count). The molecule has 1 unspecified atom stereocenters. The van der Waals surface area contributed by atoms with E-state index in [1.807, 2.05) is 0 Å². The van der Waals surface area contributed by atoms with Gasteiger partial charge in [0.2, 0.25) is 5.78 Å². The molecular formula is C23H19F3N2O5. The van der Waals surface area contributed by atoms with Crippen LogP contribution >= 0.6 is 0 Å². The molecule has 0 spiro atoms.